The summed E-state index contributed by atoms with van der Waals surface area (Å²) in [5, 5.41) is 2.84. The van der Waals surface area contributed by atoms with Crippen molar-refractivity contribution in [2.24, 2.45) is 0 Å². The van der Waals surface area contributed by atoms with E-state index in [0.717, 1.165) is 11.1 Å². The van der Waals surface area contributed by atoms with Crippen molar-refractivity contribution < 1.29 is 22.4 Å². The lowest BCUT2D eigenvalue weighted by molar-refractivity contribution is -0.150. The minimum atomic E-state index is -4.64. The molecule has 1 unspecified atom stereocenters. The molecular formula is C17H17F4N7O. The molecule has 3 heterocycles. The van der Waals surface area contributed by atoms with Crippen LogP contribution in [0.2, 0.25) is 0 Å². The fourth-order valence-electron chi connectivity index (χ4n) is 2.66. The second-order valence-electron chi connectivity index (χ2n) is 6.25. The number of amides is 1. The van der Waals surface area contributed by atoms with E-state index in [-0.39, 0.29) is 12.4 Å². The maximum atomic E-state index is 14.2. The largest absolute Gasteiger partial charge is 0.391 e. The lowest BCUT2D eigenvalue weighted by Gasteiger charge is -2.25. The molecule has 3 aromatic heterocycles. The van der Waals surface area contributed by atoms with Gasteiger partial charge in [-0.15, -0.1) is 0 Å². The number of hydrogen-bond acceptors (Lipinski definition) is 6. The number of rotatable bonds is 6. The van der Waals surface area contributed by atoms with Crippen LogP contribution in [0.25, 0.3) is 22.4 Å². The molecule has 1 atom stereocenters. The quantitative estimate of drug-likeness (QED) is 0.605. The molecule has 154 valence electrons. The third-order valence-corrected chi connectivity index (χ3v) is 4.24. The first-order chi connectivity index (χ1) is 13.7. The lowest BCUT2D eigenvalue weighted by Crippen LogP contribution is -2.43. The van der Waals surface area contributed by atoms with Crippen LogP contribution >= 0.6 is 0 Å². The average molecular weight is 411 g/mol. The van der Waals surface area contributed by atoms with E-state index in [1.54, 1.807) is 6.92 Å². The van der Waals surface area contributed by atoms with Crippen molar-refractivity contribution in [2.75, 3.05) is 18.9 Å². The smallest absolute Gasteiger partial charge is 0.356 e. The van der Waals surface area contributed by atoms with E-state index < -0.39 is 36.2 Å². The monoisotopic (exact) mass is 411 g/mol. The van der Waals surface area contributed by atoms with Crippen LogP contribution in [0.5, 0.6) is 0 Å². The molecule has 0 saturated carbocycles. The Hall–Kier alpha value is -3.31. The topological polar surface area (TPSA) is 99.7 Å². The van der Waals surface area contributed by atoms with Crippen molar-refractivity contribution in [3.8, 4) is 11.4 Å². The second-order valence-corrected chi connectivity index (χ2v) is 6.25. The zero-order valence-corrected chi connectivity index (χ0v) is 15.5. The summed E-state index contributed by atoms with van der Waals surface area (Å²) in [6.07, 6.45) is -0.928. The molecule has 12 heteroatoms. The van der Waals surface area contributed by atoms with Crippen LogP contribution in [0.4, 0.5) is 23.4 Å². The number of nitrogens with one attached hydrogen (secondary N) is 2. The predicted molar refractivity (Wildman–Crippen MR) is 96.3 cm³/mol. The molecule has 0 aliphatic rings. The number of fused-ring (bicyclic) bond motifs is 1. The van der Waals surface area contributed by atoms with Crippen LogP contribution in [0.3, 0.4) is 0 Å². The van der Waals surface area contributed by atoms with Crippen LogP contribution < -0.4 is 5.32 Å². The molecule has 29 heavy (non-hydrogen) atoms. The van der Waals surface area contributed by atoms with Crippen molar-refractivity contribution in [3.05, 3.63) is 30.7 Å². The van der Waals surface area contributed by atoms with Crippen molar-refractivity contribution in [1.29, 1.82) is 0 Å². The first-order valence-corrected chi connectivity index (χ1v) is 8.58. The van der Waals surface area contributed by atoms with Gasteiger partial charge >= 0.3 is 6.18 Å². The molecule has 8 nitrogen and oxygen atoms in total. The van der Waals surface area contributed by atoms with E-state index in [2.05, 4.69) is 30.2 Å². The molecule has 0 aliphatic heterocycles. The standard InChI is InChI=1S/C17H17F4N7O/c1-3-28(2)16(29)12(4-17(19,20)21)26-15-11(18)7-24-14(27-15)10-6-23-13-9(10)5-22-8-25-13/h5-8,12H,3-4H2,1-2H3,(H,22,23,25)(H,24,26,27). The normalized spacial score (nSPS) is 12.8. The maximum Gasteiger partial charge on any atom is 0.391 e. The molecule has 2 N–H and O–H groups in total. The Kier molecular flexibility index (Phi) is 5.62. The minimum Gasteiger partial charge on any atom is -0.356 e. The molecule has 0 saturated heterocycles. The second kappa shape index (κ2) is 7.97. The number of nitrogens with zero attached hydrogens (tertiary/aromatic N) is 5. The zero-order chi connectivity index (χ0) is 21.2. The third-order valence-electron chi connectivity index (χ3n) is 4.24. The average Bonchev–Trinajstić information content (AvgIpc) is 3.11. The van der Waals surface area contributed by atoms with Gasteiger partial charge in [0.15, 0.2) is 17.5 Å². The van der Waals surface area contributed by atoms with Gasteiger partial charge in [0.05, 0.1) is 12.6 Å². The fourth-order valence-corrected chi connectivity index (χ4v) is 2.66. The number of carbonyl (C=O) groups is 1. The Labute approximate surface area is 162 Å². The highest BCUT2D eigenvalue weighted by atomic mass is 19.4. The highest BCUT2D eigenvalue weighted by Crippen LogP contribution is 2.28. The number of H-pyrrole nitrogens is 1. The Bertz CT molecular complexity index is 1020. The Morgan fingerprint density at radius 1 is 1.31 bits per heavy atom. The van der Waals surface area contributed by atoms with Gasteiger partial charge in [-0.3, -0.25) is 4.79 Å². The van der Waals surface area contributed by atoms with E-state index >= 15 is 0 Å². The van der Waals surface area contributed by atoms with Gasteiger partial charge in [-0.2, -0.15) is 13.2 Å². The lowest BCUT2D eigenvalue weighted by atomic mass is 10.1. The summed E-state index contributed by atoms with van der Waals surface area (Å²) in [4.78, 5) is 32.1. The number of likely N-dealkylation sites (N-methyl/N-ethyl adjacent to an activating group) is 1. The van der Waals surface area contributed by atoms with Crippen LogP contribution in [-0.2, 0) is 4.79 Å². The molecule has 0 radical (unpaired) electrons. The number of alkyl halides is 3. The third kappa shape index (κ3) is 4.58. The Balaban J connectivity index is 1.96. The highest BCUT2D eigenvalue weighted by Gasteiger charge is 2.37. The first-order valence-electron chi connectivity index (χ1n) is 8.58. The van der Waals surface area contributed by atoms with Gasteiger partial charge in [0, 0.05) is 36.9 Å². The number of aromatic amines is 1. The van der Waals surface area contributed by atoms with Crippen LogP contribution in [0.1, 0.15) is 13.3 Å². The summed E-state index contributed by atoms with van der Waals surface area (Å²) in [7, 11) is 1.36. The summed E-state index contributed by atoms with van der Waals surface area (Å²) >= 11 is 0. The minimum absolute atomic E-state index is 0.0389. The molecule has 0 spiro atoms. The molecule has 0 aromatic carbocycles. The van der Waals surface area contributed by atoms with Crippen LogP contribution in [-0.4, -0.2) is 61.5 Å². The van der Waals surface area contributed by atoms with E-state index in [1.807, 2.05) is 0 Å². The highest BCUT2D eigenvalue weighted by molar-refractivity contribution is 5.91. The fraction of sp³-hybridized carbons (Fsp3) is 0.353. The molecule has 3 aromatic rings. The predicted octanol–water partition coefficient (Wildman–Crippen LogP) is 2.77. The van der Waals surface area contributed by atoms with E-state index in [1.165, 1.54) is 25.8 Å². The van der Waals surface area contributed by atoms with Crippen molar-refractivity contribution in [3.63, 3.8) is 0 Å². The maximum absolute atomic E-state index is 14.2. The first kappa shape index (κ1) is 20.4. The van der Waals surface area contributed by atoms with Gasteiger partial charge < -0.3 is 15.2 Å². The summed E-state index contributed by atoms with van der Waals surface area (Å²) in [6, 6.07) is -1.73. The van der Waals surface area contributed by atoms with Gasteiger partial charge in [-0.25, -0.2) is 24.3 Å². The SMILES string of the molecule is CCN(C)C(=O)C(CC(F)(F)F)Nc1nc(-c2c[nH]c3ncncc23)ncc1F. The van der Waals surface area contributed by atoms with Crippen molar-refractivity contribution in [1.82, 2.24) is 29.8 Å². The van der Waals surface area contributed by atoms with Gasteiger partial charge in [0.1, 0.15) is 18.0 Å². The number of anilines is 1. The molecular weight excluding hydrogens is 394 g/mol. The summed E-state index contributed by atoms with van der Waals surface area (Å²) in [5.41, 5.74) is 0.931. The van der Waals surface area contributed by atoms with Gasteiger partial charge in [-0.1, -0.05) is 0 Å². The Morgan fingerprint density at radius 2 is 2.07 bits per heavy atom. The van der Waals surface area contributed by atoms with Gasteiger partial charge in [0.25, 0.3) is 0 Å². The zero-order valence-electron chi connectivity index (χ0n) is 15.5. The number of halogens is 4. The molecule has 0 aliphatic carbocycles. The number of carbonyl (C=O) groups excluding carboxylic acids is 1. The summed E-state index contributed by atoms with van der Waals surface area (Å²) in [5.74, 6) is -2.28. The van der Waals surface area contributed by atoms with E-state index in [4.69, 9.17) is 0 Å². The summed E-state index contributed by atoms with van der Waals surface area (Å²) in [6.45, 7) is 1.81. The molecule has 0 fully saturated rings. The Morgan fingerprint density at radius 3 is 2.76 bits per heavy atom. The number of hydrogen-bond donors (Lipinski definition) is 2. The molecule has 0 bridgehead atoms. The number of aromatic nitrogens is 5. The molecule has 1 amide bonds. The van der Waals surface area contributed by atoms with Gasteiger partial charge in [0.2, 0.25) is 5.91 Å². The van der Waals surface area contributed by atoms with Crippen molar-refractivity contribution in [2.45, 2.75) is 25.6 Å². The van der Waals surface area contributed by atoms with E-state index in [9.17, 15) is 22.4 Å². The molecule has 3 rings (SSSR count). The van der Waals surface area contributed by atoms with Gasteiger partial charge in [-0.05, 0) is 6.92 Å². The van der Waals surface area contributed by atoms with Crippen molar-refractivity contribution >= 4 is 22.8 Å². The van der Waals surface area contributed by atoms with Crippen LogP contribution in [0.15, 0.2) is 24.9 Å². The van der Waals surface area contributed by atoms with E-state index in [0.29, 0.717) is 16.6 Å². The van der Waals surface area contributed by atoms with Crippen LogP contribution in [0, 0.1) is 5.82 Å². The summed E-state index contributed by atoms with van der Waals surface area (Å²) < 4.78 is 53.1.